The third-order valence-electron chi connectivity index (χ3n) is 1.99. The van der Waals surface area contributed by atoms with Crippen LogP contribution in [0.5, 0.6) is 5.75 Å². The minimum Gasteiger partial charge on any atom is -0.426 e. The number of carbonyl (C=O) groups excluding carboxylic acids is 2. The molecule has 0 aromatic heterocycles. The van der Waals surface area contributed by atoms with Gasteiger partial charge < -0.3 is 4.74 Å². The maximum absolute atomic E-state index is 11.3. The zero-order valence-corrected chi connectivity index (χ0v) is 7.61. The third-order valence-corrected chi connectivity index (χ3v) is 1.99. The van der Waals surface area contributed by atoms with Crippen molar-refractivity contribution in [1.82, 2.24) is 0 Å². The average Bonchev–Trinajstić information content (AvgIpc) is 2.49. The molecule has 0 fully saturated rings. The quantitative estimate of drug-likeness (QED) is 0.498. The van der Waals surface area contributed by atoms with Crippen LogP contribution in [0.2, 0.25) is 0 Å². The summed E-state index contributed by atoms with van der Waals surface area (Å²) in [5.74, 6) is 0.0113. The summed E-state index contributed by atoms with van der Waals surface area (Å²) in [5.41, 5.74) is 1.27. The Bertz CT molecular complexity index is 444. The molecule has 1 aromatic rings. The van der Waals surface area contributed by atoms with Gasteiger partial charge in [0, 0.05) is 18.1 Å². The Kier molecular flexibility index (Phi) is 1.93. The number of carbonyl (C=O) groups is 2. The fourth-order valence-electron chi connectivity index (χ4n) is 1.42. The van der Waals surface area contributed by atoms with Crippen LogP contribution in [0.25, 0.3) is 6.08 Å². The molecule has 0 saturated heterocycles. The molecule has 3 heteroatoms. The van der Waals surface area contributed by atoms with E-state index in [0.29, 0.717) is 16.9 Å². The molecule has 0 bridgehead atoms. The lowest BCUT2D eigenvalue weighted by Gasteiger charge is -2.05. The second-order valence-corrected chi connectivity index (χ2v) is 3.01. The molecule has 0 unspecified atom stereocenters. The van der Waals surface area contributed by atoms with Gasteiger partial charge in [-0.3, -0.25) is 9.59 Å². The number of ether oxygens (including phenoxy) is 1. The maximum Gasteiger partial charge on any atom is 0.308 e. The largest absolute Gasteiger partial charge is 0.426 e. The number of rotatable bonds is 1. The van der Waals surface area contributed by atoms with E-state index in [0.717, 1.165) is 0 Å². The molecule has 3 nitrogen and oxygen atoms in total. The van der Waals surface area contributed by atoms with Crippen molar-refractivity contribution in [3.63, 3.8) is 0 Å². The van der Waals surface area contributed by atoms with E-state index in [1.54, 1.807) is 24.3 Å². The highest BCUT2D eigenvalue weighted by Gasteiger charge is 2.17. The van der Waals surface area contributed by atoms with Gasteiger partial charge in [0.1, 0.15) is 5.75 Å². The molecule has 0 amide bonds. The van der Waals surface area contributed by atoms with Crippen LogP contribution in [0, 0.1) is 0 Å². The molecule has 2 rings (SSSR count). The Morgan fingerprint density at radius 2 is 2.07 bits per heavy atom. The van der Waals surface area contributed by atoms with Gasteiger partial charge in [-0.2, -0.15) is 0 Å². The van der Waals surface area contributed by atoms with Crippen molar-refractivity contribution in [2.45, 2.75) is 6.92 Å². The minimum absolute atomic E-state index is 0.0472. The molecule has 0 N–H and O–H groups in total. The number of allylic oxidation sites excluding steroid dienone is 1. The Balaban J connectivity index is 2.48. The molecule has 1 aromatic carbocycles. The van der Waals surface area contributed by atoms with Gasteiger partial charge in [-0.25, -0.2) is 0 Å². The summed E-state index contributed by atoms with van der Waals surface area (Å²) in [6.45, 7) is 1.33. The van der Waals surface area contributed by atoms with Crippen LogP contribution < -0.4 is 4.74 Å². The first-order valence-electron chi connectivity index (χ1n) is 4.22. The van der Waals surface area contributed by atoms with E-state index in [9.17, 15) is 9.59 Å². The van der Waals surface area contributed by atoms with Crippen molar-refractivity contribution < 1.29 is 14.3 Å². The first-order chi connectivity index (χ1) is 6.68. The van der Waals surface area contributed by atoms with E-state index >= 15 is 0 Å². The molecule has 0 radical (unpaired) electrons. The second kappa shape index (κ2) is 3.10. The molecule has 0 saturated carbocycles. The number of benzene rings is 1. The van der Waals surface area contributed by atoms with Gasteiger partial charge in [0.15, 0.2) is 5.78 Å². The van der Waals surface area contributed by atoms with E-state index in [1.807, 2.05) is 0 Å². The van der Waals surface area contributed by atoms with Gasteiger partial charge in [-0.15, -0.1) is 0 Å². The van der Waals surface area contributed by atoms with Crippen molar-refractivity contribution in [3.05, 3.63) is 35.4 Å². The number of ketones is 1. The van der Waals surface area contributed by atoms with Crippen molar-refractivity contribution >= 4 is 17.8 Å². The Hall–Kier alpha value is -1.90. The Labute approximate surface area is 81.0 Å². The summed E-state index contributed by atoms with van der Waals surface area (Å²) < 4.78 is 4.96. The summed E-state index contributed by atoms with van der Waals surface area (Å²) in [5, 5.41) is 0. The molecular formula is C11H8O3. The van der Waals surface area contributed by atoms with Crippen LogP contribution in [-0.4, -0.2) is 11.8 Å². The average molecular weight is 188 g/mol. The molecule has 0 spiro atoms. The van der Waals surface area contributed by atoms with Crippen molar-refractivity contribution in [1.29, 1.82) is 0 Å². The minimum atomic E-state index is -0.383. The van der Waals surface area contributed by atoms with Gasteiger partial charge in [0.25, 0.3) is 0 Å². The number of hydrogen-bond acceptors (Lipinski definition) is 3. The normalized spacial score (nSPS) is 12.8. The van der Waals surface area contributed by atoms with Crippen molar-refractivity contribution in [2.75, 3.05) is 0 Å². The summed E-state index contributed by atoms with van der Waals surface area (Å²) >= 11 is 0. The van der Waals surface area contributed by atoms with Crippen molar-refractivity contribution in [2.24, 2.45) is 0 Å². The molecule has 1 aliphatic carbocycles. The van der Waals surface area contributed by atoms with Crippen LogP contribution in [0.15, 0.2) is 24.3 Å². The molecular weight excluding hydrogens is 180 g/mol. The summed E-state index contributed by atoms with van der Waals surface area (Å²) in [6, 6.07) is 5.08. The Morgan fingerprint density at radius 1 is 1.29 bits per heavy atom. The third kappa shape index (κ3) is 1.33. The number of hydrogen-bond donors (Lipinski definition) is 0. The fraction of sp³-hybridized carbons (Fsp3) is 0.0909. The standard InChI is InChI=1S/C11H8O3/c1-7(12)14-11-4-2-3-8-9(11)5-6-10(8)13/h2-6H,1H3. The molecule has 0 heterocycles. The monoisotopic (exact) mass is 188 g/mol. The van der Waals surface area contributed by atoms with Crippen LogP contribution in [-0.2, 0) is 4.79 Å². The van der Waals surface area contributed by atoms with Gasteiger partial charge in [0.2, 0.25) is 0 Å². The van der Waals surface area contributed by atoms with E-state index in [-0.39, 0.29) is 11.8 Å². The van der Waals surface area contributed by atoms with E-state index in [2.05, 4.69) is 0 Å². The molecule has 1 aliphatic rings. The Morgan fingerprint density at radius 3 is 2.79 bits per heavy atom. The second-order valence-electron chi connectivity index (χ2n) is 3.01. The van der Waals surface area contributed by atoms with Gasteiger partial charge >= 0.3 is 5.97 Å². The molecule has 70 valence electrons. The summed E-state index contributed by atoms with van der Waals surface area (Å²) in [4.78, 5) is 22.0. The van der Waals surface area contributed by atoms with Crippen LogP contribution >= 0.6 is 0 Å². The van der Waals surface area contributed by atoms with E-state index in [4.69, 9.17) is 4.74 Å². The first kappa shape index (κ1) is 8.69. The maximum atomic E-state index is 11.3. The predicted octanol–water partition coefficient (Wildman–Crippen LogP) is 1.82. The lowest BCUT2D eigenvalue weighted by molar-refractivity contribution is -0.131. The fourth-order valence-corrected chi connectivity index (χ4v) is 1.42. The zero-order valence-electron chi connectivity index (χ0n) is 7.61. The van der Waals surface area contributed by atoms with Crippen LogP contribution in [0.4, 0.5) is 0 Å². The first-order valence-corrected chi connectivity index (χ1v) is 4.22. The predicted molar refractivity (Wildman–Crippen MR) is 51.1 cm³/mol. The lowest BCUT2D eigenvalue weighted by atomic mass is 10.1. The van der Waals surface area contributed by atoms with Crippen LogP contribution in [0.3, 0.4) is 0 Å². The van der Waals surface area contributed by atoms with Gasteiger partial charge in [-0.1, -0.05) is 12.1 Å². The van der Waals surface area contributed by atoms with Gasteiger partial charge in [0.05, 0.1) is 0 Å². The summed E-state index contributed by atoms with van der Waals surface area (Å²) in [7, 11) is 0. The van der Waals surface area contributed by atoms with Gasteiger partial charge in [-0.05, 0) is 18.2 Å². The number of fused-ring (bicyclic) bond motifs is 1. The molecule has 0 aliphatic heterocycles. The molecule has 0 atom stereocenters. The molecule has 14 heavy (non-hydrogen) atoms. The highest BCUT2D eigenvalue weighted by Crippen LogP contribution is 2.28. The zero-order chi connectivity index (χ0) is 10.1. The highest BCUT2D eigenvalue weighted by atomic mass is 16.5. The van der Waals surface area contributed by atoms with E-state index < -0.39 is 0 Å². The van der Waals surface area contributed by atoms with Crippen molar-refractivity contribution in [3.8, 4) is 5.75 Å². The SMILES string of the molecule is CC(=O)Oc1cccc2c1C=CC2=O. The summed E-state index contributed by atoms with van der Waals surface area (Å²) in [6.07, 6.45) is 3.13. The topological polar surface area (TPSA) is 43.4 Å². The van der Waals surface area contributed by atoms with Crippen LogP contribution in [0.1, 0.15) is 22.8 Å². The van der Waals surface area contributed by atoms with E-state index in [1.165, 1.54) is 13.0 Å². The smallest absolute Gasteiger partial charge is 0.308 e. The highest BCUT2D eigenvalue weighted by molar-refractivity contribution is 6.14. The lowest BCUT2D eigenvalue weighted by Crippen LogP contribution is -2.03. The number of esters is 1.